The first kappa shape index (κ1) is 17.3. The van der Waals surface area contributed by atoms with Crippen LogP contribution >= 0.6 is 0 Å². The molecule has 1 unspecified atom stereocenters. The molecule has 1 saturated heterocycles. The molecular formula is C20H29NO3. The van der Waals surface area contributed by atoms with Crippen molar-refractivity contribution in [1.82, 2.24) is 5.32 Å². The van der Waals surface area contributed by atoms with Gasteiger partial charge in [-0.1, -0.05) is 26.0 Å². The van der Waals surface area contributed by atoms with Crippen LogP contribution in [0.15, 0.2) is 24.3 Å². The van der Waals surface area contributed by atoms with Gasteiger partial charge in [0, 0.05) is 19.0 Å². The fourth-order valence-corrected chi connectivity index (χ4v) is 3.62. The third kappa shape index (κ3) is 4.10. The molecule has 2 aliphatic rings. The van der Waals surface area contributed by atoms with Gasteiger partial charge in [0.1, 0.15) is 5.75 Å². The molecule has 0 spiro atoms. The zero-order chi connectivity index (χ0) is 17.2. The Balaban J connectivity index is 1.65. The standard InChI is InChI=1S/C20H29NO3/c1-20(2)13-21-11-16(20)12-24-17-6-4-5-15(9-17)18(14-7-8-14)10-19(22)23-3/h4-6,9,14,16,18,21H,7-8,10-13H2,1-3H3/t16?,18-/m0/s1. The maximum absolute atomic E-state index is 11.7. The maximum atomic E-state index is 11.7. The lowest BCUT2D eigenvalue weighted by molar-refractivity contribution is -0.141. The summed E-state index contributed by atoms with van der Waals surface area (Å²) in [6.45, 7) is 7.37. The molecule has 2 fully saturated rings. The first-order valence-electron chi connectivity index (χ1n) is 9.00. The Labute approximate surface area is 144 Å². The van der Waals surface area contributed by atoms with Crippen LogP contribution in [0.5, 0.6) is 5.75 Å². The molecule has 1 aromatic rings. The van der Waals surface area contributed by atoms with Crippen LogP contribution in [-0.2, 0) is 9.53 Å². The summed E-state index contributed by atoms with van der Waals surface area (Å²) in [6, 6.07) is 8.28. The van der Waals surface area contributed by atoms with Gasteiger partial charge in [-0.05, 0) is 47.8 Å². The van der Waals surface area contributed by atoms with Crippen molar-refractivity contribution in [3.05, 3.63) is 29.8 Å². The van der Waals surface area contributed by atoms with Crippen molar-refractivity contribution < 1.29 is 14.3 Å². The van der Waals surface area contributed by atoms with Gasteiger partial charge < -0.3 is 14.8 Å². The van der Waals surface area contributed by atoms with E-state index in [0.717, 1.165) is 25.4 Å². The number of rotatable bonds is 7. The number of ether oxygens (including phenoxy) is 2. The van der Waals surface area contributed by atoms with Crippen molar-refractivity contribution in [3.8, 4) is 5.75 Å². The second-order valence-electron chi connectivity index (χ2n) is 7.92. The van der Waals surface area contributed by atoms with E-state index >= 15 is 0 Å². The molecule has 4 heteroatoms. The van der Waals surface area contributed by atoms with Gasteiger partial charge in [-0.2, -0.15) is 0 Å². The zero-order valence-corrected chi connectivity index (χ0v) is 15.0. The summed E-state index contributed by atoms with van der Waals surface area (Å²) in [7, 11) is 1.46. The van der Waals surface area contributed by atoms with Gasteiger partial charge >= 0.3 is 5.97 Å². The predicted octanol–water partition coefficient (Wildman–Crippen LogP) is 3.37. The Hall–Kier alpha value is -1.55. The van der Waals surface area contributed by atoms with Crippen LogP contribution in [0.4, 0.5) is 0 Å². The minimum absolute atomic E-state index is 0.128. The van der Waals surface area contributed by atoms with E-state index < -0.39 is 0 Å². The second kappa shape index (κ2) is 7.14. The van der Waals surface area contributed by atoms with E-state index in [-0.39, 0.29) is 17.3 Å². The van der Waals surface area contributed by atoms with Gasteiger partial charge in [0.2, 0.25) is 0 Å². The highest BCUT2D eigenvalue weighted by atomic mass is 16.5. The summed E-state index contributed by atoms with van der Waals surface area (Å²) in [6.07, 6.45) is 2.87. The van der Waals surface area contributed by atoms with E-state index in [0.29, 0.717) is 18.3 Å². The molecule has 4 nitrogen and oxygen atoms in total. The molecule has 1 aromatic carbocycles. The van der Waals surface area contributed by atoms with Crippen molar-refractivity contribution in [1.29, 1.82) is 0 Å². The summed E-state index contributed by atoms with van der Waals surface area (Å²) < 4.78 is 11.0. The van der Waals surface area contributed by atoms with Gasteiger partial charge in [0.15, 0.2) is 0 Å². The molecule has 0 bridgehead atoms. The number of carbonyl (C=O) groups excluding carboxylic acids is 1. The number of carbonyl (C=O) groups is 1. The fourth-order valence-electron chi connectivity index (χ4n) is 3.62. The third-order valence-electron chi connectivity index (χ3n) is 5.62. The lowest BCUT2D eigenvalue weighted by atomic mass is 9.83. The molecule has 1 N–H and O–H groups in total. The van der Waals surface area contributed by atoms with Crippen LogP contribution in [-0.4, -0.2) is 32.8 Å². The lowest BCUT2D eigenvalue weighted by Gasteiger charge is -2.25. The molecule has 2 atom stereocenters. The molecule has 24 heavy (non-hydrogen) atoms. The third-order valence-corrected chi connectivity index (χ3v) is 5.62. The molecule has 1 heterocycles. The predicted molar refractivity (Wildman–Crippen MR) is 94.2 cm³/mol. The monoisotopic (exact) mass is 331 g/mol. The van der Waals surface area contributed by atoms with Crippen molar-refractivity contribution in [2.75, 3.05) is 26.8 Å². The molecule has 3 rings (SSSR count). The number of hydrogen-bond acceptors (Lipinski definition) is 4. The zero-order valence-electron chi connectivity index (χ0n) is 15.0. The fraction of sp³-hybridized carbons (Fsp3) is 0.650. The number of nitrogens with one attached hydrogen (secondary N) is 1. The average molecular weight is 331 g/mol. The number of esters is 1. The molecule has 1 aliphatic heterocycles. The van der Waals surface area contributed by atoms with Crippen molar-refractivity contribution in [2.45, 2.75) is 39.0 Å². The second-order valence-corrected chi connectivity index (χ2v) is 7.92. The lowest BCUT2D eigenvalue weighted by Crippen LogP contribution is -2.27. The summed E-state index contributed by atoms with van der Waals surface area (Å²) in [5.74, 6) is 2.17. The molecule has 0 radical (unpaired) electrons. The van der Waals surface area contributed by atoms with E-state index in [1.54, 1.807) is 0 Å². The largest absolute Gasteiger partial charge is 0.493 e. The number of benzene rings is 1. The van der Waals surface area contributed by atoms with Crippen LogP contribution in [0, 0.1) is 17.3 Å². The van der Waals surface area contributed by atoms with E-state index in [1.165, 1.54) is 25.5 Å². The van der Waals surface area contributed by atoms with Crippen molar-refractivity contribution >= 4 is 5.97 Å². The highest BCUT2D eigenvalue weighted by molar-refractivity contribution is 5.70. The normalized spacial score (nSPS) is 23.7. The van der Waals surface area contributed by atoms with Crippen LogP contribution in [0.3, 0.4) is 0 Å². The van der Waals surface area contributed by atoms with E-state index in [2.05, 4.69) is 31.3 Å². The Kier molecular flexibility index (Phi) is 5.14. The average Bonchev–Trinajstić information content (AvgIpc) is 3.34. The van der Waals surface area contributed by atoms with Gasteiger partial charge in [0.25, 0.3) is 0 Å². The van der Waals surface area contributed by atoms with Crippen LogP contribution in [0.25, 0.3) is 0 Å². The summed E-state index contributed by atoms with van der Waals surface area (Å²) in [4.78, 5) is 11.7. The van der Waals surface area contributed by atoms with Crippen LogP contribution in [0.1, 0.15) is 44.6 Å². The Morgan fingerprint density at radius 3 is 2.79 bits per heavy atom. The highest BCUT2D eigenvalue weighted by Gasteiger charge is 2.35. The molecule has 0 aromatic heterocycles. The highest BCUT2D eigenvalue weighted by Crippen LogP contribution is 2.45. The molecular weight excluding hydrogens is 302 g/mol. The van der Waals surface area contributed by atoms with Gasteiger partial charge in [-0.15, -0.1) is 0 Å². The van der Waals surface area contributed by atoms with Crippen molar-refractivity contribution in [3.63, 3.8) is 0 Å². The molecule has 132 valence electrons. The SMILES string of the molecule is COC(=O)C[C@H](c1cccc(OCC2CNCC2(C)C)c1)C1CC1. The van der Waals surface area contributed by atoms with E-state index in [1.807, 2.05) is 12.1 Å². The first-order chi connectivity index (χ1) is 11.5. The molecule has 1 aliphatic carbocycles. The summed E-state index contributed by atoms with van der Waals surface area (Å²) in [5.41, 5.74) is 1.48. The smallest absolute Gasteiger partial charge is 0.306 e. The number of methoxy groups -OCH3 is 1. The minimum atomic E-state index is -0.128. The molecule has 1 saturated carbocycles. The topological polar surface area (TPSA) is 47.6 Å². The first-order valence-corrected chi connectivity index (χ1v) is 9.00. The van der Waals surface area contributed by atoms with Gasteiger partial charge in [-0.3, -0.25) is 4.79 Å². The Bertz CT molecular complexity index is 580. The maximum Gasteiger partial charge on any atom is 0.306 e. The van der Waals surface area contributed by atoms with Crippen LogP contribution < -0.4 is 10.1 Å². The van der Waals surface area contributed by atoms with E-state index in [4.69, 9.17) is 9.47 Å². The van der Waals surface area contributed by atoms with Gasteiger partial charge in [-0.25, -0.2) is 0 Å². The summed E-state index contributed by atoms with van der Waals surface area (Å²) >= 11 is 0. The van der Waals surface area contributed by atoms with Crippen LogP contribution in [0.2, 0.25) is 0 Å². The summed E-state index contributed by atoms with van der Waals surface area (Å²) in [5, 5.41) is 3.45. The Morgan fingerprint density at radius 1 is 1.38 bits per heavy atom. The van der Waals surface area contributed by atoms with Crippen molar-refractivity contribution in [2.24, 2.45) is 17.3 Å². The minimum Gasteiger partial charge on any atom is -0.493 e. The van der Waals surface area contributed by atoms with E-state index in [9.17, 15) is 4.79 Å². The van der Waals surface area contributed by atoms with Gasteiger partial charge in [0.05, 0.1) is 20.1 Å². The Morgan fingerprint density at radius 2 is 2.17 bits per heavy atom. The molecule has 0 amide bonds. The quantitative estimate of drug-likeness (QED) is 0.778. The number of hydrogen-bond donors (Lipinski definition) is 1.